The van der Waals surface area contributed by atoms with Crippen LogP contribution in [0.5, 0.6) is 11.5 Å². The van der Waals surface area contributed by atoms with Crippen molar-refractivity contribution >= 4 is 5.97 Å². The summed E-state index contributed by atoms with van der Waals surface area (Å²) in [4.78, 5) is 11.0. The second kappa shape index (κ2) is 6.86. The van der Waals surface area contributed by atoms with E-state index in [1.54, 1.807) is 13.2 Å². The van der Waals surface area contributed by atoms with E-state index in [0.717, 1.165) is 5.56 Å². The predicted molar refractivity (Wildman–Crippen MR) is 67.7 cm³/mol. The molecule has 18 heavy (non-hydrogen) atoms. The average Bonchev–Trinajstić information content (AvgIpc) is 2.37. The van der Waals surface area contributed by atoms with Gasteiger partial charge in [0.25, 0.3) is 0 Å². The van der Waals surface area contributed by atoms with Gasteiger partial charge < -0.3 is 19.9 Å². The lowest BCUT2D eigenvalue weighted by molar-refractivity contribution is -0.141. The minimum Gasteiger partial charge on any atom is -0.497 e. The summed E-state index contributed by atoms with van der Waals surface area (Å²) in [7, 11) is 2.93. The van der Waals surface area contributed by atoms with Crippen LogP contribution >= 0.6 is 0 Å². The van der Waals surface area contributed by atoms with Crippen molar-refractivity contribution in [2.45, 2.75) is 19.4 Å². The Bertz CT molecular complexity index is 404. The molecular formula is C13H19NO4. The first-order valence-corrected chi connectivity index (χ1v) is 5.71. The minimum atomic E-state index is -0.305. The third kappa shape index (κ3) is 3.92. The summed E-state index contributed by atoms with van der Waals surface area (Å²) in [5, 5.41) is 0. The topological polar surface area (TPSA) is 70.8 Å². The van der Waals surface area contributed by atoms with E-state index in [1.165, 1.54) is 7.11 Å². The van der Waals surface area contributed by atoms with Crippen LogP contribution in [-0.4, -0.2) is 26.8 Å². The molecule has 5 nitrogen and oxygen atoms in total. The molecule has 0 fully saturated rings. The van der Waals surface area contributed by atoms with Crippen molar-refractivity contribution in [3.63, 3.8) is 0 Å². The van der Waals surface area contributed by atoms with Gasteiger partial charge in [0, 0.05) is 17.7 Å². The number of esters is 1. The van der Waals surface area contributed by atoms with Gasteiger partial charge in [-0.1, -0.05) is 6.07 Å². The zero-order valence-electron chi connectivity index (χ0n) is 10.9. The molecule has 0 saturated carbocycles. The molecule has 1 aromatic carbocycles. The first-order valence-electron chi connectivity index (χ1n) is 5.71. The van der Waals surface area contributed by atoms with Crippen molar-refractivity contribution in [3.05, 3.63) is 23.8 Å². The van der Waals surface area contributed by atoms with E-state index in [4.69, 9.17) is 15.2 Å². The summed E-state index contributed by atoms with van der Waals surface area (Å²) in [6.45, 7) is 2.12. The van der Waals surface area contributed by atoms with Crippen molar-refractivity contribution in [1.82, 2.24) is 0 Å². The van der Waals surface area contributed by atoms with E-state index in [0.29, 0.717) is 11.5 Å². The van der Waals surface area contributed by atoms with Crippen molar-refractivity contribution in [2.24, 2.45) is 5.73 Å². The predicted octanol–water partition coefficient (Wildman–Crippen LogP) is 1.66. The maximum absolute atomic E-state index is 11.0. The van der Waals surface area contributed by atoms with Gasteiger partial charge in [-0.15, -0.1) is 0 Å². The minimum absolute atomic E-state index is 0.149. The molecule has 0 amide bonds. The van der Waals surface area contributed by atoms with E-state index in [1.807, 2.05) is 19.1 Å². The third-order valence-corrected chi connectivity index (χ3v) is 2.50. The largest absolute Gasteiger partial charge is 0.497 e. The monoisotopic (exact) mass is 253 g/mol. The molecule has 0 bridgehead atoms. The van der Waals surface area contributed by atoms with Crippen LogP contribution in [0.2, 0.25) is 0 Å². The molecule has 0 unspecified atom stereocenters. The Hall–Kier alpha value is -1.75. The molecule has 0 aromatic heterocycles. The number of methoxy groups -OCH3 is 2. The number of benzene rings is 1. The van der Waals surface area contributed by atoms with E-state index >= 15 is 0 Å². The number of nitrogens with two attached hydrogens (primary N) is 1. The highest BCUT2D eigenvalue weighted by Gasteiger charge is 2.10. The summed E-state index contributed by atoms with van der Waals surface area (Å²) < 4.78 is 15.2. The maximum atomic E-state index is 11.0. The molecule has 5 heteroatoms. The molecule has 0 aliphatic carbocycles. The second-order valence-corrected chi connectivity index (χ2v) is 3.87. The number of carbonyl (C=O) groups is 1. The van der Waals surface area contributed by atoms with E-state index < -0.39 is 0 Å². The highest BCUT2D eigenvalue weighted by molar-refractivity contribution is 5.69. The molecule has 0 saturated heterocycles. The number of rotatable bonds is 6. The van der Waals surface area contributed by atoms with Crippen molar-refractivity contribution in [3.8, 4) is 11.5 Å². The smallest absolute Gasteiger partial charge is 0.308 e. The molecule has 0 heterocycles. The third-order valence-electron chi connectivity index (χ3n) is 2.50. The van der Waals surface area contributed by atoms with Gasteiger partial charge in [-0.25, -0.2) is 0 Å². The van der Waals surface area contributed by atoms with Gasteiger partial charge in [0.15, 0.2) is 0 Å². The van der Waals surface area contributed by atoms with Crippen molar-refractivity contribution in [1.29, 1.82) is 0 Å². The van der Waals surface area contributed by atoms with Crippen molar-refractivity contribution in [2.75, 3.05) is 20.8 Å². The molecule has 2 N–H and O–H groups in total. The van der Waals surface area contributed by atoms with Gasteiger partial charge in [0.2, 0.25) is 0 Å². The first kappa shape index (κ1) is 14.3. The zero-order chi connectivity index (χ0) is 13.5. The van der Waals surface area contributed by atoms with Gasteiger partial charge in [0.1, 0.15) is 11.5 Å². The molecule has 1 aromatic rings. The molecule has 100 valence electrons. The van der Waals surface area contributed by atoms with Gasteiger partial charge in [0.05, 0.1) is 27.2 Å². The van der Waals surface area contributed by atoms with Crippen LogP contribution in [0.4, 0.5) is 0 Å². The lowest BCUT2D eigenvalue weighted by Gasteiger charge is -2.14. The van der Waals surface area contributed by atoms with Crippen LogP contribution in [0, 0.1) is 0 Å². The quantitative estimate of drug-likeness (QED) is 0.781. The SMILES string of the molecule is COC(=O)CCOc1cc(OC)ccc1[C@H](C)N. The Morgan fingerprint density at radius 1 is 1.39 bits per heavy atom. The van der Waals surface area contributed by atoms with Gasteiger partial charge in [-0.2, -0.15) is 0 Å². The molecule has 1 atom stereocenters. The lowest BCUT2D eigenvalue weighted by atomic mass is 10.1. The Labute approximate surface area is 107 Å². The van der Waals surface area contributed by atoms with Gasteiger partial charge in [-0.05, 0) is 13.0 Å². The maximum Gasteiger partial charge on any atom is 0.308 e. The summed E-state index contributed by atoms with van der Waals surface area (Å²) in [5.74, 6) is 1.01. The normalized spacial score (nSPS) is 11.8. The van der Waals surface area contributed by atoms with E-state index in [9.17, 15) is 4.79 Å². The summed E-state index contributed by atoms with van der Waals surface area (Å²) in [5.41, 5.74) is 6.73. The zero-order valence-corrected chi connectivity index (χ0v) is 10.9. The number of ether oxygens (including phenoxy) is 3. The van der Waals surface area contributed by atoms with Crippen LogP contribution < -0.4 is 15.2 Å². The summed E-state index contributed by atoms with van der Waals surface area (Å²) in [6.07, 6.45) is 0.200. The van der Waals surface area contributed by atoms with E-state index in [-0.39, 0.29) is 25.0 Å². The van der Waals surface area contributed by atoms with Crippen LogP contribution in [0.25, 0.3) is 0 Å². The Morgan fingerprint density at radius 3 is 2.67 bits per heavy atom. The fraction of sp³-hybridized carbons (Fsp3) is 0.462. The van der Waals surface area contributed by atoms with Gasteiger partial charge >= 0.3 is 5.97 Å². The molecule has 0 aliphatic heterocycles. The molecule has 1 rings (SSSR count). The number of hydrogen-bond acceptors (Lipinski definition) is 5. The highest BCUT2D eigenvalue weighted by atomic mass is 16.5. The van der Waals surface area contributed by atoms with Crippen LogP contribution in [-0.2, 0) is 9.53 Å². The fourth-order valence-corrected chi connectivity index (χ4v) is 1.49. The molecule has 0 aliphatic rings. The Kier molecular flexibility index (Phi) is 5.45. The Balaban J connectivity index is 2.74. The molecule has 0 radical (unpaired) electrons. The number of carbonyl (C=O) groups excluding carboxylic acids is 1. The van der Waals surface area contributed by atoms with Gasteiger partial charge in [-0.3, -0.25) is 4.79 Å². The fourth-order valence-electron chi connectivity index (χ4n) is 1.49. The summed E-state index contributed by atoms with van der Waals surface area (Å²) in [6, 6.07) is 5.29. The van der Waals surface area contributed by atoms with Crippen molar-refractivity contribution < 1.29 is 19.0 Å². The first-order chi connectivity index (χ1) is 8.58. The van der Waals surface area contributed by atoms with Crippen LogP contribution in [0.3, 0.4) is 0 Å². The lowest BCUT2D eigenvalue weighted by Crippen LogP contribution is -2.11. The standard InChI is InChI=1S/C13H19NO4/c1-9(14)11-5-4-10(16-2)8-12(11)18-7-6-13(15)17-3/h4-5,8-9H,6-7,14H2,1-3H3/t9-/m0/s1. The van der Waals surface area contributed by atoms with Crippen LogP contribution in [0.15, 0.2) is 18.2 Å². The summed E-state index contributed by atoms with van der Waals surface area (Å²) >= 11 is 0. The van der Waals surface area contributed by atoms with Crippen LogP contribution in [0.1, 0.15) is 24.9 Å². The van der Waals surface area contributed by atoms with E-state index in [2.05, 4.69) is 4.74 Å². The average molecular weight is 253 g/mol. The molecule has 0 spiro atoms. The second-order valence-electron chi connectivity index (χ2n) is 3.87. The number of hydrogen-bond donors (Lipinski definition) is 1. The molecular weight excluding hydrogens is 234 g/mol. The highest BCUT2D eigenvalue weighted by Crippen LogP contribution is 2.28. The Morgan fingerprint density at radius 2 is 2.11 bits per heavy atom.